The molecule has 0 aliphatic carbocycles. The molecule has 3 aromatic rings. The molecule has 2 N–H and O–H groups in total. The molecule has 0 radical (unpaired) electrons. The van der Waals surface area contributed by atoms with Gasteiger partial charge in [-0.15, -0.1) is 0 Å². The Bertz CT molecular complexity index is 708. The molecule has 0 spiro atoms. The largest absolute Gasteiger partial charge is 0.395 e. The van der Waals surface area contributed by atoms with Gasteiger partial charge in [-0.1, -0.05) is 6.07 Å². The van der Waals surface area contributed by atoms with Crippen LogP contribution in [0.1, 0.15) is 0 Å². The van der Waals surface area contributed by atoms with Gasteiger partial charge in [0, 0.05) is 21.5 Å². The third-order valence-corrected chi connectivity index (χ3v) is 3.53. The summed E-state index contributed by atoms with van der Waals surface area (Å²) in [5.41, 5.74) is 2.59. The topological polar surface area (TPSA) is 42.8 Å². The van der Waals surface area contributed by atoms with Gasteiger partial charge in [0.05, 0.1) is 5.52 Å². The Balaban J connectivity index is 2.61. The maximum Gasteiger partial charge on any atom is 0.395 e. The number of nitrogens with zero attached hydrogens (tertiary/aromatic N) is 1. The lowest BCUT2D eigenvalue weighted by molar-refractivity contribution is -0.345. The van der Waals surface area contributed by atoms with E-state index < -0.39 is 0 Å². The van der Waals surface area contributed by atoms with Crippen LogP contribution in [-0.2, 0) is 0 Å². The van der Waals surface area contributed by atoms with Crippen LogP contribution in [0.15, 0.2) is 22.7 Å². The van der Waals surface area contributed by atoms with Crippen LogP contribution in [-0.4, -0.2) is 9.97 Å². The minimum atomic E-state index is 0.276. The van der Waals surface area contributed by atoms with E-state index in [1.807, 2.05) is 18.2 Å². The van der Waals surface area contributed by atoms with Crippen molar-refractivity contribution in [3.8, 4) is 0 Å². The van der Waals surface area contributed by atoms with Crippen LogP contribution >= 0.6 is 39.1 Å². The molecule has 2 aromatic heterocycles. The van der Waals surface area contributed by atoms with Crippen LogP contribution in [0.3, 0.4) is 0 Å². The Labute approximate surface area is 109 Å². The van der Waals surface area contributed by atoms with Crippen LogP contribution < -0.4 is 4.98 Å². The van der Waals surface area contributed by atoms with Crippen LogP contribution in [0.5, 0.6) is 0 Å². The lowest BCUT2D eigenvalue weighted by Gasteiger charge is -1.90. The molecule has 0 bridgehead atoms. The van der Waals surface area contributed by atoms with Crippen LogP contribution in [0, 0.1) is 0 Å². The van der Waals surface area contributed by atoms with E-state index in [-0.39, 0.29) is 5.28 Å². The van der Waals surface area contributed by atoms with E-state index in [1.165, 1.54) is 0 Å². The molecule has 3 nitrogen and oxygen atoms in total. The number of hydrogen-bond acceptors (Lipinski definition) is 1. The Kier molecular flexibility index (Phi) is 2.31. The number of fused-ring (bicyclic) bond motifs is 3. The standard InChI is InChI=1S/C10H4BrCl2N3/c11-5-3-1-2-4-6(5)14-8-7(4)15-10(13)16-9(8)12/h1-3,14H/p+1. The summed E-state index contributed by atoms with van der Waals surface area (Å²) in [4.78, 5) is 10.2. The van der Waals surface area contributed by atoms with Crippen molar-refractivity contribution in [1.82, 2.24) is 9.97 Å². The van der Waals surface area contributed by atoms with E-state index in [4.69, 9.17) is 23.2 Å². The van der Waals surface area contributed by atoms with Crippen molar-refractivity contribution in [3.63, 3.8) is 0 Å². The fraction of sp³-hybridized carbons (Fsp3) is 0. The highest BCUT2D eigenvalue weighted by molar-refractivity contribution is 9.10. The molecule has 0 saturated heterocycles. The van der Waals surface area contributed by atoms with E-state index in [2.05, 4.69) is 30.9 Å². The molecule has 0 unspecified atom stereocenters. The van der Waals surface area contributed by atoms with E-state index in [9.17, 15) is 0 Å². The summed E-state index contributed by atoms with van der Waals surface area (Å²) >= 11 is 15.3. The molecule has 1 aromatic carbocycles. The van der Waals surface area contributed by atoms with Gasteiger partial charge in [-0.05, 0) is 44.6 Å². The van der Waals surface area contributed by atoms with Crippen LogP contribution in [0.4, 0.5) is 0 Å². The zero-order valence-electron chi connectivity index (χ0n) is 7.81. The van der Waals surface area contributed by atoms with Crippen molar-refractivity contribution in [2.45, 2.75) is 0 Å². The molecular formula is C10H5BrCl2N3+. The third-order valence-electron chi connectivity index (χ3n) is 2.41. The normalized spacial score (nSPS) is 11.4. The first-order chi connectivity index (χ1) is 7.66. The SMILES string of the molecule is Clc1nc(Cl)c2[nH]c3c(Br)cccc3c2[nH+]1. The number of hydrogen-bond donors (Lipinski definition) is 1. The van der Waals surface area contributed by atoms with Gasteiger partial charge in [0.2, 0.25) is 0 Å². The number of para-hydroxylation sites is 1. The number of aromatic nitrogens is 3. The highest BCUT2D eigenvalue weighted by atomic mass is 79.9. The van der Waals surface area contributed by atoms with Crippen molar-refractivity contribution >= 4 is 61.1 Å². The van der Waals surface area contributed by atoms with Crippen LogP contribution in [0.2, 0.25) is 10.4 Å². The molecule has 16 heavy (non-hydrogen) atoms. The van der Waals surface area contributed by atoms with Gasteiger partial charge in [0.15, 0.2) is 11.0 Å². The minimum absolute atomic E-state index is 0.276. The molecular weight excluding hydrogens is 313 g/mol. The van der Waals surface area contributed by atoms with Gasteiger partial charge < -0.3 is 4.98 Å². The molecule has 0 amide bonds. The average molecular weight is 318 g/mol. The Morgan fingerprint density at radius 2 is 2.06 bits per heavy atom. The van der Waals surface area contributed by atoms with E-state index in [0.717, 1.165) is 26.4 Å². The lowest BCUT2D eigenvalue weighted by atomic mass is 10.2. The molecule has 0 aliphatic heterocycles. The molecule has 3 rings (SSSR count). The quantitative estimate of drug-likeness (QED) is 0.499. The Morgan fingerprint density at radius 3 is 2.88 bits per heavy atom. The molecule has 0 atom stereocenters. The van der Waals surface area contributed by atoms with Crippen molar-refractivity contribution < 1.29 is 4.98 Å². The maximum absolute atomic E-state index is 6.02. The molecule has 0 aliphatic rings. The van der Waals surface area contributed by atoms with E-state index in [1.54, 1.807) is 0 Å². The van der Waals surface area contributed by atoms with Crippen molar-refractivity contribution in [3.05, 3.63) is 33.1 Å². The van der Waals surface area contributed by atoms with Crippen molar-refractivity contribution in [2.75, 3.05) is 0 Å². The van der Waals surface area contributed by atoms with Gasteiger partial charge in [-0.3, -0.25) is 0 Å². The maximum atomic E-state index is 6.02. The first-order valence-electron chi connectivity index (χ1n) is 4.51. The summed E-state index contributed by atoms with van der Waals surface area (Å²) in [5.74, 6) is 0. The predicted molar refractivity (Wildman–Crippen MR) is 67.9 cm³/mol. The number of halogens is 3. The van der Waals surface area contributed by atoms with Crippen molar-refractivity contribution in [1.29, 1.82) is 0 Å². The average Bonchev–Trinajstić information content (AvgIpc) is 2.59. The van der Waals surface area contributed by atoms with Gasteiger partial charge in [-0.2, -0.15) is 0 Å². The Hall–Kier alpha value is -0.840. The monoisotopic (exact) mass is 316 g/mol. The second kappa shape index (κ2) is 3.58. The van der Waals surface area contributed by atoms with Crippen molar-refractivity contribution in [2.24, 2.45) is 0 Å². The summed E-state index contributed by atoms with van der Waals surface area (Å²) in [6.45, 7) is 0. The zero-order chi connectivity index (χ0) is 11.3. The molecule has 80 valence electrons. The fourth-order valence-electron chi connectivity index (χ4n) is 1.74. The first kappa shape index (κ1) is 10.3. The highest BCUT2D eigenvalue weighted by Gasteiger charge is 2.18. The zero-order valence-corrected chi connectivity index (χ0v) is 10.9. The molecule has 2 heterocycles. The fourth-order valence-corrected chi connectivity index (χ4v) is 2.65. The van der Waals surface area contributed by atoms with Gasteiger partial charge >= 0.3 is 5.28 Å². The summed E-state index contributed by atoms with van der Waals surface area (Å²) < 4.78 is 0.974. The third kappa shape index (κ3) is 1.41. The van der Waals surface area contributed by atoms with E-state index >= 15 is 0 Å². The minimum Gasteiger partial charge on any atom is -0.346 e. The van der Waals surface area contributed by atoms with Gasteiger partial charge in [0.1, 0.15) is 0 Å². The lowest BCUT2D eigenvalue weighted by Crippen LogP contribution is -2.06. The smallest absolute Gasteiger partial charge is 0.346 e. The van der Waals surface area contributed by atoms with E-state index in [0.29, 0.717) is 5.15 Å². The number of nitrogens with one attached hydrogen (secondary N) is 2. The number of rotatable bonds is 0. The number of benzene rings is 1. The highest BCUT2D eigenvalue weighted by Crippen LogP contribution is 2.30. The van der Waals surface area contributed by atoms with Gasteiger partial charge in [-0.25, -0.2) is 4.98 Å². The molecule has 0 fully saturated rings. The second-order valence-electron chi connectivity index (χ2n) is 3.36. The second-order valence-corrected chi connectivity index (χ2v) is 4.93. The summed E-state index contributed by atoms with van der Waals surface area (Å²) in [7, 11) is 0. The molecule has 6 heteroatoms. The van der Waals surface area contributed by atoms with Crippen LogP contribution in [0.25, 0.3) is 21.9 Å². The predicted octanol–water partition coefficient (Wildman–Crippen LogP) is 3.60. The number of H-pyrrole nitrogens is 2. The first-order valence-corrected chi connectivity index (χ1v) is 6.06. The summed E-state index contributed by atoms with van der Waals surface area (Å²) in [5, 5.41) is 1.66. The summed E-state index contributed by atoms with van der Waals surface area (Å²) in [6, 6.07) is 5.90. The number of aromatic amines is 2. The Morgan fingerprint density at radius 1 is 1.25 bits per heavy atom. The van der Waals surface area contributed by atoms with Gasteiger partial charge in [0.25, 0.3) is 5.15 Å². The molecule has 0 saturated carbocycles. The summed E-state index contributed by atoms with van der Waals surface area (Å²) in [6.07, 6.45) is 0.